The van der Waals surface area contributed by atoms with E-state index in [0.717, 1.165) is 11.9 Å². The first-order valence-corrected chi connectivity index (χ1v) is 10.4. The van der Waals surface area contributed by atoms with Crippen LogP contribution in [0.1, 0.15) is 6.92 Å². The summed E-state index contributed by atoms with van der Waals surface area (Å²) in [5.74, 6) is 0.102. The maximum absolute atomic E-state index is 14.4. The lowest BCUT2D eigenvalue weighted by Gasteiger charge is -2.20. The lowest BCUT2D eigenvalue weighted by atomic mass is 10.2. The smallest absolute Gasteiger partial charge is 0.250 e. The van der Waals surface area contributed by atoms with E-state index in [4.69, 9.17) is 9.47 Å². The van der Waals surface area contributed by atoms with Crippen LogP contribution in [-0.2, 0) is 9.53 Å². The van der Waals surface area contributed by atoms with Crippen molar-refractivity contribution >= 4 is 34.7 Å². The fourth-order valence-corrected chi connectivity index (χ4v) is 2.99. The summed E-state index contributed by atoms with van der Waals surface area (Å²) in [5.41, 5.74) is 1.95. The molecule has 1 amide bonds. The lowest BCUT2D eigenvalue weighted by Crippen LogP contribution is -2.28. The number of nitrogens with one attached hydrogen (secondary N) is 2. The zero-order valence-electron chi connectivity index (χ0n) is 18.5. The number of methoxy groups -OCH3 is 1. The van der Waals surface area contributed by atoms with Crippen LogP contribution in [0.5, 0.6) is 5.75 Å². The highest BCUT2D eigenvalue weighted by Gasteiger charge is 2.12. The van der Waals surface area contributed by atoms with Gasteiger partial charge in [-0.1, -0.05) is 12.6 Å². The minimum Gasteiger partial charge on any atom is -0.491 e. The zero-order valence-corrected chi connectivity index (χ0v) is 18.5. The Bertz CT molecular complexity index is 1090. The minimum atomic E-state index is -0.609. The first-order valence-electron chi connectivity index (χ1n) is 10.4. The van der Waals surface area contributed by atoms with Gasteiger partial charge in [-0.05, 0) is 55.5 Å². The molecule has 172 valence electrons. The lowest BCUT2D eigenvalue weighted by molar-refractivity contribution is -0.114. The van der Waals surface area contributed by atoms with Crippen LogP contribution in [0.2, 0.25) is 0 Å². The SMILES string of the molecule is C=CC(=O)N(CC)c1cccc(Nc2nc(Nc3ccc(OCCOC)cc3)ncc2F)c1. The first kappa shape index (κ1) is 23.7. The molecule has 0 radical (unpaired) electrons. The number of halogens is 1. The summed E-state index contributed by atoms with van der Waals surface area (Å²) in [6.07, 6.45) is 2.34. The van der Waals surface area contributed by atoms with E-state index in [9.17, 15) is 9.18 Å². The maximum Gasteiger partial charge on any atom is 0.250 e. The molecule has 3 rings (SSSR count). The third-order valence-corrected chi connectivity index (χ3v) is 4.59. The van der Waals surface area contributed by atoms with Gasteiger partial charge in [-0.2, -0.15) is 4.98 Å². The van der Waals surface area contributed by atoms with Gasteiger partial charge in [-0.15, -0.1) is 0 Å². The van der Waals surface area contributed by atoms with Crippen LogP contribution in [-0.4, -0.2) is 42.7 Å². The molecule has 1 aromatic heterocycles. The molecule has 0 bridgehead atoms. The number of carbonyl (C=O) groups is 1. The Hall–Kier alpha value is -3.98. The number of hydrogen-bond acceptors (Lipinski definition) is 7. The van der Waals surface area contributed by atoms with Crippen molar-refractivity contribution < 1.29 is 18.7 Å². The Balaban J connectivity index is 1.72. The molecule has 0 aliphatic carbocycles. The zero-order chi connectivity index (χ0) is 23.6. The molecule has 0 saturated heterocycles. The third-order valence-electron chi connectivity index (χ3n) is 4.59. The summed E-state index contributed by atoms with van der Waals surface area (Å²) in [7, 11) is 1.61. The molecule has 3 aromatic rings. The molecule has 2 aromatic carbocycles. The number of hydrogen-bond donors (Lipinski definition) is 2. The predicted octanol–water partition coefficient (Wildman–Crippen LogP) is 4.67. The Morgan fingerprint density at radius 2 is 1.94 bits per heavy atom. The van der Waals surface area contributed by atoms with Gasteiger partial charge >= 0.3 is 0 Å². The number of aromatic nitrogens is 2. The molecule has 0 spiro atoms. The number of rotatable bonds is 11. The normalized spacial score (nSPS) is 10.4. The highest BCUT2D eigenvalue weighted by Crippen LogP contribution is 2.25. The van der Waals surface area contributed by atoms with Crippen LogP contribution in [0, 0.1) is 5.82 Å². The van der Waals surface area contributed by atoms with Crippen molar-refractivity contribution in [3.63, 3.8) is 0 Å². The number of ether oxygens (including phenoxy) is 2. The summed E-state index contributed by atoms with van der Waals surface area (Å²) >= 11 is 0. The van der Waals surface area contributed by atoms with Gasteiger partial charge in [-0.3, -0.25) is 4.79 Å². The quantitative estimate of drug-likeness (QED) is 0.324. The second-order valence-electron chi connectivity index (χ2n) is 6.84. The molecule has 0 saturated carbocycles. The van der Waals surface area contributed by atoms with Crippen molar-refractivity contribution in [3.05, 3.63) is 73.2 Å². The summed E-state index contributed by atoms with van der Waals surface area (Å²) in [6, 6.07) is 14.3. The van der Waals surface area contributed by atoms with E-state index < -0.39 is 5.82 Å². The summed E-state index contributed by atoms with van der Waals surface area (Å²) in [5, 5.41) is 5.99. The van der Waals surface area contributed by atoms with Crippen molar-refractivity contribution in [2.45, 2.75) is 6.92 Å². The van der Waals surface area contributed by atoms with E-state index in [0.29, 0.717) is 36.9 Å². The molecule has 1 heterocycles. The highest BCUT2D eigenvalue weighted by molar-refractivity contribution is 6.01. The number of carbonyl (C=O) groups excluding carboxylic acids is 1. The predicted molar refractivity (Wildman–Crippen MR) is 127 cm³/mol. The molecule has 0 fully saturated rings. The number of nitrogens with zero attached hydrogens (tertiary/aromatic N) is 3. The Kier molecular flexibility index (Phi) is 8.31. The Morgan fingerprint density at radius 3 is 2.64 bits per heavy atom. The molecule has 0 unspecified atom stereocenters. The fraction of sp³-hybridized carbons (Fsp3) is 0.208. The van der Waals surface area contributed by atoms with Gasteiger partial charge in [0.2, 0.25) is 11.9 Å². The van der Waals surface area contributed by atoms with Crippen LogP contribution in [0.25, 0.3) is 0 Å². The fourth-order valence-electron chi connectivity index (χ4n) is 2.99. The number of benzene rings is 2. The van der Waals surface area contributed by atoms with Crippen molar-refractivity contribution in [3.8, 4) is 5.75 Å². The van der Waals surface area contributed by atoms with Crippen molar-refractivity contribution in [1.82, 2.24) is 9.97 Å². The van der Waals surface area contributed by atoms with E-state index in [2.05, 4.69) is 27.2 Å². The average Bonchev–Trinajstić information content (AvgIpc) is 2.83. The number of amides is 1. The van der Waals surface area contributed by atoms with Crippen LogP contribution < -0.4 is 20.3 Å². The second-order valence-corrected chi connectivity index (χ2v) is 6.84. The summed E-state index contributed by atoms with van der Waals surface area (Å²) < 4.78 is 24.9. The highest BCUT2D eigenvalue weighted by atomic mass is 19.1. The van der Waals surface area contributed by atoms with Crippen molar-refractivity contribution in [2.75, 3.05) is 42.4 Å². The van der Waals surface area contributed by atoms with Crippen LogP contribution in [0.15, 0.2) is 67.4 Å². The maximum atomic E-state index is 14.4. The molecule has 0 aliphatic rings. The van der Waals surface area contributed by atoms with Crippen LogP contribution in [0.4, 0.5) is 33.2 Å². The van der Waals surface area contributed by atoms with Gasteiger partial charge in [-0.25, -0.2) is 9.37 Å². The van der Waals surface area contributed by atoms with Crippen molar-refractivity contribution in [1.29, 1.82) is 0 Å². The van der Waals surface area contributed by atoms with E-state index in [-0.39, 0.29) is 17.7 Å². The molecular weight excluding hydrogens is 425 g/mol. The van der Waals surface area contributed by atoms with E-state index in [1.807, 2.05) is 6.92 Å². The van der Waals surface area contributed by atoms with Crippen LogP contribution in [0.3, 0.4) is 0 Å². The third kappa shape index (κ3) is 6.50. The molecule has 33 heavy (non-hydrogen) atoms. The Labute approximate surface area is 192 Å². The van der Waals surface area contributed by atoms with Crippen LogP contribution >= 0.6 is 0 Å². The topological polar surface area (TPSA) is 88.6 Å². The van der Waals surface area contributed by atoms with Gasteiger partial charge in [0.05, 0.1) is 12.8 Å². The van der Waals surface area contributed by atoms with Crippen molar-refractivity contribution in [2.24, 2.45) is 0 Å². The largest absolute Gasteiger partial charge is 0.491 e. The second kappa shape index (κ2) is 11.6. The van der Waals surface area contributed by atoms with Gasteiger partial charge in [0.1, 0.15) is 12.4 Å². The summed E-state index contributed by atoms with van der Waals surface area (Å²) in [4.78, 5) is 21.9. The summed E-state index contributed by atoms with van der Waals surface area (Å²) in [6.45, 7) is 6.83. The average molecular weight is 452 g/mol. The molecule has 2 N–H and O–H groups in total. The molecule has 9 heteroatoms. The van der Waals surface area contributed by atoms with E-state index >= 15 is 0 Å². The number of anilines is 5. The molecule has 0 atom stereocenters. The number of likely N-dealkylation sites (N-methyl/N-ethyl adjacent to an activating group) is 1. The van der Waals surface area contributed by atoms with E-state index in [1.165, 1.54) is 6.08 Å². The van der Waals surface area contributed by atoms with Gasteiger partial charge in [0, 0.05) is 30.7 Å². The minimum absolute atomic E-state index is 0.00210. The monoisotopic (exact) mass is 451 g/mol. The van der Waals surface area contributed by atoms with Gasteiger partial charge < -0.3 is 25.0 Å². The van der Waals surface area contributed by atoms with Gasteiger partial charge in [0.15, 0.2) is 11.6 Å². The molecular formula is C24H26FN5O3. The molecule has 8 nitrogen and oxygen atoms in total. The van der Waals surface area contributed by atoms with Gasteiger partial charge in [0.25, 0.3) is 0 Å². The van der Waals surface area contributed by atoms with E-state index in [1.54, 1.807) is 60.5 Å². The first-order chi connectivity index (χ1) is 16.0. The standard InChI is InChI=1S/C24H26FN5O3/c1-4-22(31)30(5-2)19-8-6-7-18(15-19)27-23-21(25)16-26-24(29-23)28-17-9-11-20(12-10-17)33-14-13-32-3/h4,6-12,15-16H,1,5,13-14H2,2-3H3,(H2,26,27,28,29). The molecule has 0 aliphatic heterocycles. The Morgan fingerprint density at radius 1 is 1.15 bits per heavy atom.